The van der Waals surface area contributed by atoms with Crippen LogP contribution in [-0.4, -0.2) is 19.3 Å². The zero-order valence-corrected chi connectivity index (χ0v) is 8.11. The summed E-state index contributed by atoms with van der Waals surface area (Å²) in [5.74, 6) is 0.895. The second kappa shape index (κ2) is 4.29. The summed E-state index contributed by atoms with van der Waals surface area (Å²) in [5, 5.41) is 0. The third kappa shape index (κ3) is 2.15. The Morgan fingerprint density at radius 1 is 1.43 bits per heavy atom. The highest BCUT2D eigenvalue weighted by Crippen LogP contribution is 2.16. The molecular formula is C12H14O2. The highest BCUT2D eigenvalue weighted by atomic mass is 16.5. The molecule has 0 amide bonds. The van der Waals surface area contributed by atoms with Crippen molar-refractivity contribution in [3.63, 3.8) is 0 Å². The summed E-state index contributed by atoms with van der Waals surface area (Å²) in [5.41, 5.74) is 1.11. The van der Waals surface area contributed by atoms with Crippen LogP contribution in [0.2, 0.25) is 0 Å². The largest absolute Gasteiger partial charge is 0.491 e. The average Bonchev–Trinajstić information content (AvgIpc) is 2.16. The van der Waals surface area contributed by atoms with Crippen LogP contribution in [0.15, 0.2) is 30.8 Å². The van der Waals surface area contributed by atoms with Crippen molar-refractivity contribution in [3.8, 4) is 5.75 Å². The van der Waals surface area contributed by atoms with E-state index in [0.717, 1.165) is 24.3 Å². The van der Waals surface area contributed by atoms with Crippen molar-refractivity contribution in [1.82, 2.24) is 0 Å². The van der Waals surface area contributed by atoms with Gasteiger partial charge in [-0.1, -0.05) is 24.8 Å². The van der Waals surface area contributed by atoms with E-state index in [2.05, 4.69) is 6.58 Å². The number of benzene rings is 1. The molecule has 1 unspecified atom stereocenters. The van der Waals surface area contributed by atoms with Crippen LogP contribution in [0.25, 0.3) is 6.08 Å². The molecule has 1 saturated heterocycles. The molecule has 14 heavy (non-hydrogen) atoms. The Bertz CT molecular complexity index is 299. The maximum atomic E-state index is 5.55. The zero-order chi connectivity index (χ0) is 9.80. The van der Waals surface area contributed by atoms with Crippen molar-refractivity contribution < 1.29 is 9.47 Å². The lowest BCUT2D eigenvalue weighted by Crippen LogP contribution is -2.32. The fourth-order valence-electron chi connectivity index (χ4n) is 1.31. The molecule has 2 nitrogen and oxygen atoms in total. The predicted molar refractivity (Wildman–Crippen MR) is 56.4 cm³/mol. The van der Waals surface area contributed by atoms with E-state index >= 15 is 0 Å². The van der Waals surface area contributed by atoms with E-state index in [1.807, 2.05) is 30.3 Å². The minimum absolute atomic E-state index is 0.300. The number of rotatable bonds is 4. The van der Waals surface area contributed by atoms with E-state index in [1.165, 1.54) is 0 Å². The van der Waals surface area contributed by atoms with Gasteiger partial charge < -0.3 is 9.47 Å². The smallest absolute Gasteiger partial charge is 0.119 e. The first-order valence-corrected chi connectivity index (χ1v) is 4.85. The minimum atomic E-state index is 0.300. The van der Waals surface area contributed by atoms with Crippen LogP contribution in [-0.2, 0) is 4.74 Å². The summed E-state index contributed by atoms with van der Waals surface area (Å²) in [6.45, 7) is 5.23. The fraction of sp³-hybridized carbons (Fsp3) is 0.333. The molecular weight excluding hydrogens is 176 g/mol. The first-order valence-electron chi connectivity index (χ1n) is 4.85. The van der Waals surface area contributed by atoms with E-state index < -0.39 is 0 Å². The van der Waals surface area contributed by atoms with Gasteiger partial charge in [-0.3, -0.25) is 0 Å². The van der Waals surface area contributed by atoms with Gasteiger partial charge in [0, 0.05) is 13.0 Å². The molecule has 0 saturated carbocycles. The minimum Gasteiger partial charge on any atom is -0.491 e. The van der Waals surface area contributed by atoms with Gasteiger partial charge in [0.25, 0.3) is 0 Å². The first-order chi connectivity index (χ1) is 6.88. The van der Waals surface area contributed by atoms with Crippen LogP contribution >= 0.6 is 0 Å². The SMILES string of the molecule is C=Cc1ccc(OCC2CCO2)cc1. The lowest BCUT2D eigenvalue weighted by atomic mass is 10.2. The van der Waals surface area contributed by atoms with E-state index in [0.29, 0.717) is 12.7 Å². The highest BCUT2D eigenvalue weighted by molar-refractivity contribution is 5.48. The Kier molecular flexibility index (Phi) is 2.84. The highest BCUT2D eigenvalue weighted by Gasteiger charge is 2.18. The summed E-state index contributed by atoms with van der Waals surface area (Å²) in [7, 11) is 0. The summed E-state index contributed by atoms with van der Waals surface area (Å²) in [6.07, 6.45) is 3.23. The summed E-state index contributed by atoms with van der Waals surface area (Å²) in [6, 6.07) is 7.89. The van der Waals surface area contributed by atoms with Crippen molar-refractivity contribution in [3.05, 3.63) is 36.4 Å². The second-order valence-corrected chi connectivity index (χ2v) is 3.37. The van der Waals surface area contributed by atoms with Gasteiger partial charge >= 0.3 is 0 Å². The average molecular weight is 190 g/mol. The van der Waals surface area contributed by atoms with Gasteiger partial charge in [-0.05, 0) is 17.7 Å². The van der Waals surface area contributed by atoms with Crippen LogP contribution in [0.1, 0.15) is 12.0 Å². The molecule has 1 aliphatic heterocycles. The van der Waals surface area contributed by atoms with Gasteiger partial charge in [0.2, 0.25) is 0 Å². The van der Waals surface area contributed by atoms with Gasteiger partial charge in [0.15, 0.2) is 0 Å². The van der Waals surface area contributed by atoms with Gasteiger partial charge in [-0.15, -0.1) is 0 Å². The molecule has 0 aromatic heterocycles. The van der Waals surface area contributed by atoms with Crippen molar-refractivity contribution in [2.75, 3.05) is 13.2 Å². The van der Waals surface area contributed by atoms with Crippen LogP contribution in [0.3, 0.4) is 0 Å². The lowest BCUT2D eigenvalue weighted by molar-refractivity contribution is -0.0720. The van der Waals surface area contributed by atoms with Gasteiger partial charge in [-0.25, -0.2) is 0 Å². The van der Waals surface area contributed by atoms with Crippen molar-refractivity contribution >= 4 is 6.08 Å². The third-order valence-electron chi connectivity index (χ3n) is 2.35. The third-order valence-corrected chi connectivity index (χ3v) is 2.35. The van der Waals surface area contributed by atoms with E-state index in [9.17, 15) is 0 Å². The van der Waals surface area contributed by atoms with Crippen molar-refractivity contribution in [2.24, 2.45) is 0 Å². The van der Waals surface area contributed by atoms with Gasteiger partial charge in [0.05, 0.1) is 6.10 Å². The molecule has 1 heterocycles. The zero-order valence-electron chi connectivity index (χ0n) is 8.11. The molecule has 0 spiro atoms. The maximum absolute atomic E-state index is 5.55. The van der Waals surface area contributed by atoms with Gasteiger partial charge in [0.1, 0.15) is 12.4 Å². The van der Waals surface area contributed by atoms with Gasteiger partial charge in [-0.2, -0.15) is 0 Å². The number of hydrogen-bond donors (Lipinski definition) is 0. The predicted octanol–water partition coefficient (Wildman–Crippen LogP) is 2.50. The fourth-order valence-corrected chi connectivity index (χ4v) is 1.31. The van der Waals surface area contributed by atoms with E-state index in [4.69, 9.17) is 9.47 Å². The van der Waals surface area contributed by atoms with E-state index in [1.54, 1.807) is 0 Å². The topological polar surface area (TPSA) is 18.5 Å². The standard InChI is InChI=1S/C12H14O2/c1-2-10-3-5-11(6-4-10)14-9-12-7-8-13-12/h2-6,12H,1,7-9H2. The van der Waals surface area contributed by atoms with Crippen molar-refractivity contribution in [1.29, 1.82) is 0 Å². The summed E-state index contributed by atoms with van der Waals surface area (Å²) >= 11 is 0. The second-order valence-electron chi connectivity index (χ2n) is 3.37. The summed E-state index contributed by atoms with van der Waals surface area (Å²) < 4.78 is 10.8. The molecule has 1 aromatic rings. The Balaban J connectivity index is 1.85. The Labute approximate surface area is 84.2 Å². The Hall–Kier alpha value is -1.28. The number of hydrogen-bond acceptors (Lipinski definition) is 2. The lowest BCUT2D eigenvalue weighted by Gasteiger charge is -2.26. The van der Waals surface area contributed by atoms with E-state index in [-0.39, 0.29) is 0 Å². The van der Waals surface area contributed by atoms with Crippen molar-refractivity contribution in [2.45, 2.75) is 12.5 Å². The summed E-state index contributed by atoms with van der Waals surface area (Å²) in [4.78, 5) is 0. The first kappa shape index (κ1) is 9.28. The molecule has 2 rings (SSSR count). The maximum Gasteiger partial charge on any atom is 0.119 e. The molecule has 74 valence electrons. The molecule has 1 atom stereocenters. The molecule has 2 heteroatoms. The molecule has 0 N–H and O–H groups in total. The quantitative estimate of drug-likeness (QED) is 0.726. The normalized spacial score (nSPS) is 19.9. The Morgan fingerprint density at radius 2 is 2.14 bits per heavy atom. The van der Waals surface area contributed by atoms with Crippen LogP contribution in [0, 0.1) is 0 Å². The molecule has 0 radical (unpaired) electrons. The molecule has 1 fully saturated rings. The van der Waals surface area contributed by atoms with Crippen LogP contribution < -0.4 is 4.74 Å². The Morgan fingerprint density at radius 3 is 2.64 bits per heavy atom. The monoisotopic (exact) mass is 190 g/mol. The number of ether oxygens (including phenoxy) is 2. The molecule has 0 aliphatic carbocycles. The molecule has 1 aliphatic rings. The van der Waals surface area contributed by atoms with Crippen LogP contribution in [0.4, 0.5) is 0 Å². The van der Waals surface area contributed by atoms with Crippen LogP contribution in [0.5, 0.6) is 5.75 Å². The molecule has 1 aromatic carbocycles. The molecule has 0 bridgehead atoms.